The van der Waals surface area contributed by atoms with Crippen LogP contribution in [0.4, 0.5) is 8.78 Å². The average Bonchev–Trinajstić information content (AvgIpc) is 2.90. The number of hydrogen-bond acceptors (Lipinski definition) is 4. The molecule has 0 N–H and O–H groups in total. The van der Waals surface area contributed by atoms with Gasteiger partial charge >= 0.3 is 6.61 Å². The lowest BCUT2D eigenvalue weighted by Gasteiger charge is -2.41. The molecule has 1 aromatic heterocycles. The molecule has 0 aliphatic carbocycles. The summed E-state index contributed by atoms with van der Waals surface area (Å²) in [5, 5.41) is 0.947. The molecule has 5 rings (SSSR count). The van der Waals surface area contributed by atoms with Crippen molar-refractivity contribution in [1.29, 1.82) is 0 Å². The number of halogens is 2. The maximum Gasteiger partial charge on any atom is 0.387 e. The number of hydrogen-bond donors (Lipinski definition) is 0. The summed E-state index contributed by atoms with van der Waals surface area (Å²) in [5.41, 5.74) is 3.81. The van der Waals surface area contributed by atoms with Gasteiger partial charge in [-0.25, -0.2) is 4.98 Å². The third kappa shape index (κ3) is 5.80. The first kappa shape index (κ1) is 25.3. The van der Waals surface area contributed by atoms with Crippen LogP contribution in [0.2, 0.25) is 0 Å². The van der Waals surface area contributed by atoms with Crippen molar-refractivity contribution in [2.45, 2.75) is 32.5 Å². The molecule has 2 heterocycles. The van der Waals surface area contributed by atoms with Crippen LogP contribution < -0.4 is 4.74 Å². The van der Waals surface area contributed by atoms with Gasteiger partial charge in [0.15, 0.2) is 0 Å². The molecule has 1 aliphatic rings. The molecule has 1 fully saturated rings. The molecule has 1 atom stereocenters. The van der Waals surface area contributed by atoms with Crippen molar-refractivity contribution in [3.63, 3.8) is 0 Å². The zero-order valence-corrected chi connectivity index (χ0v) is 20.9. The molecule has 1 aliphatic heterocycles. The van der Waals surface area contributed by atoms with E-state index in [4.69, 9.17) is 0 Å². The Morgan fingerprint density at radius 2 is 1.79 bits per heavy atom. The van der Waals surface area contributed by atoms with Gasteiger partial charge in [0.25, 0.3) is 5.91 Å². The molecule has 38 heavy (non-hydrogen) atoms. The molecular formula is C30H27F2N3O3. The van der Waals surface area contributed by atoms with Crippen molar-refractivity contribution in [1.82, 2.24) is 14.8 Å². The van der Waals surface area contributed by atoms with E-state index in [1.807, 2.05) is 61.5 Å². The Kier molecular flexibility index (Phi) is 7.31. The topological polar surface area (TPSA) is 62.7 Å². The van der Waals surface area contributed by atoms with Gasteiger partial charge in [-0.2, -0.15) is 8.78 Å². The fraction of sp³-hybridized carbons (Fsp3) is 0.233. The van der Waals surface area contributed by atoms with Crippen LogP contribution in [0.3, 0.4) is 0 Å². The van der Waals surface area contributed by atoms with Crippen LogP contribution in [0.5, 0.6) is 5.75 Å². The quantitative estimate of drug-likeness (QED) is 0.338. The second-order valence-corrected chi connectivity index (χ2v) is 9.47. The number of aryl methyl sites for hydroxylation is 1. The van der Waals surface area contributed by atoms with E-state index in [0.717, 1.165) is 22.0 Å². The first-order chi connectivity index (χ1) is 18.4. The minimum Gasteiger partial charge on any atom is -0.435 e. The summed E-state index contributed by atoms with van der Waals surface area (Å²) in [6.45, 7) is -0.490. The maximum atomic E-state index is 13.5. The van der Waals surface area contributed by atoms with Crippen molar-refractivity contribution in [2.24, 2.45) is 0 Å². The van der Waals surface area contributed by atoms with E-state index in [1.54, 1.807) is 28.0 Å². The van der Waals surface area contributed by atoms with Gasteiger partial charge in [0, 0.05) is 18.5 Å². The fourth-order valence-corrected chi connectivity index (χ4v) is 4.85. The van der Waals surface area contributed by atoms with E-state index < -0.39 is 6.61 Å². The minimum atomic E-state index is -2.93. The molecule has 0 radical (unpaired) electrons. The zero-order valence-electron chi connectivity index (χ0n) is 20.9. The number of alkyl halides is 2. The predicted octanol–water partition coefficient (Wildman–Crippen LogP) is 5.24. The third-order valence-electron chi connectivity index (χ3n) is 6.66. The normalized spacial score (nSPS) is 15.8. The number of pyridine rings is 1. The van der Waals surface area contributed by atoms with Crippen LogP contribution in [0.25, 0.3) is 10.9 Å². The van der Waals surface area contributed by atoms with Gasteiger partial charge in [0.1, 0.15) is 18.0 Å². The molecule has 2 amide bonds. The van der Waals surface area contributed by atoms with Crippen LogP contribution in [0.1, 0.15) is 27.2 Å². The number of ether oxygens (including phenoxy) is 1. The highest BCUT2D eigenvalue weighted by atomic mass is 19.3. The molecular weight excluding hydrogens is 488 g/mol. The predicted molar refractivity (Wildman–Crippen MR) is 140 cm³/mol. The van der Waals surface area contributed by atoms with E-state index in [-0.39, 0.29) is 42.4 Å². The van der Waals surface area contributed by atoms with Crippen molar-refractivity contribution < 1.29 is 23.1 Å². The number of piperazine rings is 1. The van der Waals surface area contributed by atoms with E-state index in [9.17, 15) is 18.4 Å². The number of carbonyl (C=O) groups excluding carboxylic acids is 2. The summed E-state index contributed by atoms with van der Waals surface area (Å²) >= 11 is 0. The fourth-order valence-electron chi connectivity index (χ4n) is 4.85. The van der Waals surface area contributed by atoms with Crippen molar-refractivity contribution >= 4 is 22.7 Å². The van der Waals surface area contributed by atoms with Gasteiger partial charge < -0.3 is 14.5 Å². The number of nitrogens with zero attached hydrogens (tertiary/aromatic N) is 3. The highest BCUT2D eigenvalue weighted by Gasteiger charge is 2.35. The molecule has 0 unspecified atom stereocenters. The molecule has 4 aromatic rings. The Labute approximate surface area is 219 Å². The highest BCUT2D eigenvalue weighted by Crippen LogP contribution is 2.23. The smallest absolute Gasteiger partial charge is 0.387 e. The first-order valence-corrected chi connectivity index (χ1v) is 12.4. The van der Waals surface area contributed by atoms with Crippen molar-refractivity contribution in [3.05, 3.63) is 107 Å². The summed E-state index contributed by atoms with van der Waals surface area (Å²) in [6, 6.07) is 25.2. The lowest BCUT2D eigenvalue weighted by molar-refractivity contribution is -0.139. The Bertz CT molecular complexity index is 1460. The lowest BCUT2D eigenvalue weighted by atomic mass is 10.0. The van der Waals surface area contributed by atoms with Crippen molar-refractivity contribution in [3.8, 4) is 5.75 Å². The Balaban J connectivity index is 1.40. The number of benzene rings is 3. The summed E-state index contributed by atoms with van der Waals surface area (Å²) in [5.74, 6) is -0.482. The maximum absolute atomic E-state index is 13.5. The van der Waals surface area contributed by atoms with Crippen LogP contribution in [-0.4, -0.2) is 52.3 Å². The standard InChI is InChI=1S/C30H27F2N3O3/c1-20-10-12-26-23(14-20)11-13-27(33-26)29(37)34-18-24(15-21-6-3-2-4-7-21)35(28(36)19-34)17-22-8-5-9-25(16-22)38-30(31)32/h2-14,16,24,30H,15,17-19H2,1H3/t24-/m0/s1. The van der Waals surface area contributed by atoms with Gasteiger partial charge in [0.2, 0.25) is 5.91 Å². The number of rotatable bonds is 7. The van der Waals surface area contributed by atoms with Gasteiger partial charge in [0.05, 0.1) is 11.6 Å². The number of fused-ring (bicyclic) bond motifs is 1. The van der Waals surface area contributed by atoms with E-state index in [0.29, 0.717) is 18.5 Å². The summed E-state index contributed by atoms with van der Waals surface area (Å²) < 4.78 is 30.0. The molecule has 0 spiro atoms. The summed E-state index contributed by atoms with van der Waals surface area (Å²) in [6.07, 6.45) is 0.536. The van der Waals surface area contributed by atoms with Crippen LogP contribution in [0.15, 0.2) is 84.9 Å². The Morgan fingerprint density at radius 1 is 1.00 bits per heavy atom. The monoisotopic (exact) mass is 515 g/mol. The van der Waals surface area contributed by atoms with E-state index >= 15 is 0 Å². The third-order valence-corrected chi connectivity index (χ3v) is 6.66. The number of amides is 2. The second-order valence-electron chi connectivity index (χ2n) is 9.47. The van der Waals surface area contributed by atoms with Crippen LogP contribution in [-0.2, 0) is 17.8 Å². The molecule has 1 saturated heterocycles. The first-order valence-electron chi connectivity index (χ1n) is 12.4. The largest absolute Gasteiger partial charge is 0.435 e. The SMILES string of the molecule is Cc1ccc2nc(C(=O)N3CC(=O)N(Cc4cccc(OC(F)F)c4)[C@@H](Cc4ccccc4)C3)ccc2c1. The number of aromatic nitrogens is 1. The van der Waals surface area contributed by atoms with Gasteiger partial charge in [-0.1, -0.05) is 60.2 Å². The van der Waals surface area contributed by atoms with E-state index in [2.05, 4.69) is 9.72 Å². The van der Waals surface area contributed by atoms with Crippen LogP contribution in [0, 0.1) is 6.92 Å². The minimum absolute atomic E-state index is 0.0379. The molecule has 3 aromatic carbocycles. The molecule has 0 bridgehead atoms. The molecule has 194 valence electrons. The van der Waals surface area contributed by atoms with Gasteiger partial charge in [-0.15, -0.1) is 0 Å². The molecule has 0 saturated carbocycles. The van der Waals surface area contributed by atoms with Crippen molar-refractivity contribution in [2.75, 3.05) is 13.1 Å². The van der Waals surface area contributed by atoms with Gasteiger partial charge in [-0.3, -0.25) is 9.59 Å². The average molecular weight is 516 g/mol. The summed E-state index contributed by atoms with van der Waals surface area (Å²) in [4.78, 5) is 34.7. The van der Waals surface area contributed by atoms with E-state index in [1.165, 1.54) is 12.1 Å². The van der Waals surface area contributed by atoms with Crippen LogP contribution >= 0.6 is 0 Å². The zero-order chi connectivity index (χ0) is 26.6. The highest BCUT2D eigenvalue weighted by molar-refractivity contribution is 5.97. The number of carbonyl (C=O) groups is 2. The lowest BCUT2D eigenvalue weighted by Crippen LogP contribution is -2.58. The Morgan fingerprint density at radius 3 is 2.58 bits per heavy atom. The van der Waals surface area contributed by atoms with Gasteiger partial charge in [-0.05, 0) is 54.8 Å². The second kappa shape index (κ2) is 11.0. The molecule has 6 nitrogen and oxygen atoms in total. The molecule has 8 heteroatoms. The summed E-state index contributed by atoms with van der Waals surface area (Å²) in [7, 11) is 0. The Hall–Kier alpha value is -4.33.